The molecule has 2 aromatic carbocycles. The number of amides is 1. The summed E-state index contributed by atoms with van der Waals surface area (Å²) in [7, 11) is 0. The molecule has 0 fully saturated rings. The quantitative estimate of drug-likeness (QED) is 0.262. The highest BCUT2D eigenvalue weighted by Gasteiger charge is 2.06. The fraction of sp³-hybridized carbons (Fsp3) is 0.0500. The van der Waals surface area contributed by atoms with E-state index < -0.39 is 0 Å². The lowest BCUT2D eigenvalue weighted by Crippen LogP contribution is -2.07. The van der Waals surface area contributed by atoms with Gasteiger partial charge in [-0.25, -0.2) is 0 Å². The van der Waals surface area contributed by atoms with Crippen LogP contribution < -0.4 is 5.32 Å². The standard InChI is InChI=1S/C20H15Cl2N3OS2/c21-16-10-8-15(17(22)13-16)9-11-18(26)23-19-24-25-20(28-19)27-12-4-7-14-5-2-1-3-6-14/h1-11,13H,12H2,(H,23,24,26)/b7-4+,11-9+. The Balaban J connectivity index is 1.49. The number of nitrogens with one attached hydrogen (secondary N) is 1. The highest BCUT2D eigenvalue weighted by molar-refractivity contribution is 8.01. The maximum atomic E-state index is 12.0. The summed E-state index contributed by atoms with van der Waals surface area (Å²) >= 11 is 14.8. The third kappa shape index (κ3) is 6.49. The second-order valence-corrected chi connectivity index (χ2v) is 8.57. The van der Waals surface area contributed by atoms with Gasteiger partial charge in [0.05, 0.1) is 0 Å². The van der Waals surface area contributed by atoms with E-state index in [1.54, 1.807) is 36.0 Å². The average molecular weight is 448 g/mol. The summed E-state index contributed by atoms with van der Waals surface area (Å²) in [5, 5.41) is 12.2. The van der Waals surface area contributed by atoms with Gasteiger partial charge in [-0.15, -0.1) is 10.2 Å². The van der Waals surface area contributed by atoms with Gasteiger partial charge in [-0.2, -0.15) is 0 Å². The highest BCUT2D eigenvalue weighted by atomic mass is 35.5. The first-order chi connectivity index (χ1) is 13.6. The summed E-state index contributed by atoms with van der Waals surface area (Å²) in [6, 6.07) is 15.2. The van der Waals surface area contributed by atoms with Crippen molar-refractivity contribution >= 4 is 69.5 Å². The molecule has 4 nitrogen and oxygen atoms in total. The second-order valence-electron chi connectivity index (χ2n) is 5.49. The van der Waals surface area contributed by atoms with Crippen LogP contribution in [0.25, 0.3) is 12.2 Å². The van der Waals surface area contributed by atoms with Crippen LogP contribution in [0, 0.1) is 0 Å². The summed E-state index contributed by atoms with van der Waals surface area (Å²) in [6.07, 6.45) is 7.15. The van der Waals surface area contributed by atoms with E-state index in [1.165, 1.54) is 17.4 Å². The normalized spacial score (nSPS) is 11.4. The molecule has 1 aromatic heterocycles. The number of halogens is 2. The molecule has 0 bridgehead atoms. The minimum Gasteiger partial charge on any atom is -0.297 e. The Morgan fingerprint density at radius 2 is 1.93 bits per heavy atom. The second kappa shape index (κ2) is 10.4. The molecule has 0 radical (unpaired) electrons. The van der Waals surface area contributed by atoms with Crippen molar-refractivity contribution in [2.75, 3.05) is 11.1 Å². The van der Waals surface area contributed by atoms with E-state index >= 15 is 0 Å². The Morgan fingerprint density at radius 3 is 2.71 bits per heavy atom. The first kappa shape index (κ1) is 20.6. The van der Waals surface area contributed by atoms with Crippen LogP contribution in [-0.4, -0.2) is 21.9 Å². The Kier molecular flexibility index (Phi) is 7.68. The molecule has 3 aromatic rings. The van der Waals surface area contributed by atoms with E-state index in [0.29, 0.717) is 20.7 Å². The first-order valence-corrected chi connectivity index (χ1v) is 10.8. The van der Waals surface area contributed by atoms with Crippen LogP contribution in [0.5, 0.6) is 0 Å². The molecule has 0 unspecified atom stereocenters. The molecule has 28 heavy (non-hydrogen) atoms. The molecule has 0 atom stereocenters. The number of hydrogen-bond donors (Lipinski definition) is 1. The van der Waals surface area contributed by atoms with Crippen molar-refractivity contribution in [1.29, 1.82) is 0 Å². The number of hydrogen-bond acceptors (Lipinski definition) is 5. The molecule has 142 valence electrons. The van der Waals surface area contributed by atoms with Crippen molar-refractivity contribution in [2.24, 2.45) is 0 Å². The third-order valence-electron chi connectivity index (χ3n) is 3.43. The predicted octanol–water partition coefficient (Wildman–Crippen LogP) is 6.30. The summed E-state index contributed by atoms with van der Waals surface area (Å²) in [6.45, 7) is 0. The van der Waals surface area contributed by atoms with E-state index in [2.05, 4.69) is 27.7 Å². The van der Waals surface area contributed by atoms with Crippen LogP contribution in [0.2, 0.25) is 10.0 Å². The smallest absolute Gasteiger partial charge is 0.250 e. The summed E-state index contributed by atoms with van der Waals surface area (Å²) in [5.41, 5.74) is 1.86. The van der Waals surface area contributed by atoms with Gasteiger partial charge in [0.25, 0.3) is 0 Å². The topological polar surface area (TPSA) is 54.9 Å². The van der Waals surface area contributed by atoms with Gasteiger partial charge in [-0.3, -0.25) is 10.1 Å². The van der Waals surface area contributed by atoms with E-state index in [4.69, 9.17) is 23.2 Å². The van der Waals surface area contributed by atoms with E-state index in [-0.39, 0.29) is 5.91 Å². The molecule has 0 spiro atoms. The Morgan fingerprint density at radius 1 is 1.11 bits per heavy atom. The van der Waals surface area contributed by atoms with Gasteiger partial charge in [0.1, 0.15) is 0 Å². The van der Waals surface area contributed by atoms with E-state index in [9.17, 15) is 4.79 Å². The molecule has 8 heteroatoms. The number of nitrogens with zero attached hydrogens (tertiary/aromatic N) is 2. The van der Waals surface area contributed by atoms with Crippen molar-refractivity contribution in [2.45, 2.75) is 4.34 Å². The molecule has 0 aliphatic carbocycles. The number of carbonyl (C=O) groups excluding carboxylic acids is 1. The largest absolute Gasteiger partial charge is 0.297 e. The fourth-order valence-electron chi connectivity index (χ4n) is 2.14. The van der Waals surface area contributed by atoms with Gasteiger partial charge in [0.15, 0.2) is 4.34 Å². The van der Waals surface area contributed by atoms with Crippen LogP contribution in [0.3, 0.4) is 0 Å². The van der Waals surface area contributed by atoms with Crippen molar-refractivity contribution in [3.05, 3.63) is 81.9 Å². The zero-order valence-electron chi connectivity index (χ0n) is 14.5. The zero-order valence-corrected chi connectivity index (χ0v) is 17.7. The van der Waals surface area contributed by atoms with Crippen LogP contribution >= 0.6 is 46.3 Å². The maximum Gasteiger partial charge on any atom is 0.250 e. The van der Waals surface area contributed by atoms with Crippen LogP contribution in [-0.2, 0) is 4.79 Å². The summed E-state index contributed by atoms with van der Waals surface area (Å²) in [4.78, 5) is 12.0. The van der Waals surface area contributed by atoms with Crippen LogP contribution in [0.4, 0.5) is 5.13 Å². The van der Waals surface area contributed by atoms with Crippen molar-refractivity contribution < 1.29 is 4.79 Å². The fourth-order valence-corrected chi connectivity index (χ4v) is 4.20. The molecular formula is C20H15Cl2N3OS2. The molecule has 1 amide bonds. The molecule has 1 N–H and O–H groups in total. The molecule has 0 saturated carbocycles. The summed E-state index contributed by atoms with van der Waals surface area (Å²) in [5.74, 6) is 0.467. The maximum absolute atomic E-state index is 12.0. The predicted molar refractivity (Wildman–Crippen MR) is 120 cm³/mol. The van der Waals surface area contributed by atoms with Gasteiger partial charge >= 0.3 is 0 Å². The van der Waals surface area contributed by atoms with Crippen LogP contribution in [0.1, 0.15) is 11.1 Å². The van der Waals surface area contributed by atoms with Gasteiger partial charge < -0.3 is 0 Å². The lowest BCUT2D eigenvalue weighted by Gasteiger charge is -1.99. The van der Waals surface area contributed by atoms with Gasteiger partial charge in [-0.1, -0.05) is 94.9 Å². The number of carbonyl (C=O) groups is 1. The minimum absolute atomic E-state index is 0.303. The molecule has 0 aliphatic heterocycles. The van der Waals surface area contributed by atoms with E-state index in [1.807, 2.05) is 30.3 Å². The van der Waals surface area contributed by atoms with Crippen molar-refractivity contribution in [3.8, 4) is 0 Å². The number of anilines is 1. The molecule has 0 aliphatic rings. The SMILES string of the molecule is O=C(/C=C/c1ccc(Cl)cc1Cl)Nc1nnc(SC/C=C/c2ccccc2)s1. The van der Waals surface area contributed by atoms with Gasteiger partial charge in [-0.05, 0) is 29.3 Å². The highest BCUT2D eigenvalue weighted by Crippen LogP contribution is 2.26. The lowest BCUT2D eigenvalue weighted by molar-refractivity contribution is -0.111. The first-order valence-electron chi connectivity index (χ1n) is 8.22. The van der Waals surface area contributed by atoms with Crippen molar-refractivity contribution in [3.63, 3.8) is 0 Å². The van der Waals surface area contributed by atoms with Gasteiger partial charge in [0, 0.05) is 21.9 Å². The number of thioether (sulfide) groups is 1. The Hall–Kier alpha value is -2.12. The zero-order chi connectivity index (χ0) is 19.8. The molecule has 3 rings (SSSR count). The number of aromatic nitrogens is 2. The van der Waals surface area contributed by atoms with Crippen molar-refractivity contribution in [1.82, 2.24) is 10.2 Å². The molecule has 0 saturated heterocycles. The molecule has 1 heterocycles. The van der Waals surface area contributed by atoms with Gasteiger partial charge in [0.2, 0.25) is 11.0 Å². The Labute approximate surface area is 181 Å². The third-order valence-corrected chi connectivity index (χ3v) is 5.91. The molecular weight excluding hydrogens is 433 g/mol. The minimum atomic E-state index is -0.303. The lowest BCUT2D eigenvalue weighted by atomic mass is 10.2. The number of benzene rings is 2. The number of rotatable bonds is 7. The van der Waals surface area contributed by atoms with Crippen LogP contribution in [0.15, 0.2) is 65.0 Å². The monoisotopic (exact) mass is 447 g/mol. The Bertz CT molecular complexity index is 1000. The van der Waals surface area contributed by atoms with E-state index in [0.717, 1.165) is 15.7 Å². The summed E-state index contributed by atoms with van der Waals surface area (Å²) < 4.78 is 0.790. The average Bonchev–Trinajstić information content (AvgIpc) is 3.12.